The SMILES string of the molecule is COc1cccc(OCCC2CC2)c1[C@@H](C)N. The monoisotopic (exact) mass is 235 g/mol. The van der Waals surface area contributed by atoms with Crippen molar-refractivity contribution < 1.29 is 9.47 Å². The molecule has 0 heterocycles. The zero-order chi connectivity index (χ0) is 12.3. The summed E-state index contributed by atoms with van der Waals surface area (Å²) < 4.78 is 11.2. The Labute approximate surface area is 103 Å². The molecule has 3 heteroatoms. The Kier molecular flexibility index (Phi) is 3.89. The molecule has 94 valence electrons. The van der Waals surface area contributed by atoms with Gasteiger partial charge in [-0.1, -0.05) is 18.9 Å². The van der Waals surface area contributed by atoms with Gasteiger partial charge in [-0.05, 0) is 31.4 Å². The van der Waals surface area contributed by atoms with Crippen LogP contribution in [0.1, 0.15) is 37.8 Å². The molecule has 0 spiro atoms. The van der Waals surface area contributed by atoms with Gasteiger partial charge in [0.05, 0.1) is 19.3 Å². The molecular formula is C14H21NO2. The van der Waals surface area contributed by atoms with Crippen molar-refractivity contribution in [3.8, 4) is 11.5 Å². The molecule has 2 rings (SSSR count). The topological polar surface area (TPSA) is 44.5 Å². The molecule has 2 N–H and O–H groups in total. The lowest BCUT2D eigenvalue weighted by Gasteiger charge is -2.17. The molecule has 0 saturated heterocycles. The lowest BCUT2D eigenvalue weighted by molar-refractivity contribution is 0.295. The number of hydrogen-bond donors (Lipinski definition) is 1. The van der Waals surface area contributed by atoms with Gasteiger partial charge in [0.1, 0.15) is 11.5 Å². The molecule has 1 atom stereocenters. The number of nitrogens with two attached hydrogens (primary N) is 1. The Morgan fingerprint density at radius 1 is 1.35 bits per heavy atom. The Morgan fingerprint density at radius 3 is 2.65 bits per heavy atom. The molecule has 0 aromatic heterocycles. The highest BCUT2D eigenvalue weighted by Crippen LogP contribution is 2.35. The zero-order valence-corrected chi connectivity index (χ0v) is 10.6. The van der Waals surface area contributed by atoms with Crippen LogP contribution in [0.2, 0.25) is 0 Å². The fourth-order valence-corrected chi connectivity index (χ4v) is 2.02. The Hall–Kier alpha value is -1.22. The van der Waals surface area contributed by atoms with Crippen LogP contribution in [0.25, 0.3) is 0 Å². The van der Waals surface area contributed by atoms with E-state index in [0.717, 1.165) is 36.0 Å². The first-order valence-corrected chi connectivity index (χ1v) is 6.27. The highest BCUT2D eigenvalue weighted by molar-refractivity contribution is 5.46. The minimum Gasteiger partial charge on any atom is -0.496 e. The van der Waals surface area contributed by atoms with Gasteiger partial charge in [-0.3, -0.25) is 0 Å². The third kappa shape index (κ3) is 3.13. The molecule has 0 bridgehead atoms. The van der Waals surface area contributed by atoms with Crippen LogP contribution in [0.15, 0.2) is 18.2 Å². The van der Waals surface area contributed by atoms with Gasteiger partial charge >= 0.3 is 0 Å². The molecule has 1 aliphatic rings. The third-order valence-corrected chi connectivity index (χ3v) is 3.18. The van der Waals surface area contributed by atoms with Gasteiger partial charge in [-0.25, -0.2) is 0 Å². The lowest BCUT2D eigenvalue weighted by atomic mass is 10.1. The van der Waals surface area contributed by atoms with E-state index in [1.807, 2.05) is 25.1 Å². The second-order valence-corrected chi connectivity index (χ2v) is 4.74. The predicted molar refractivity (Wildman–Crippen MR) is 68.4 cm³/mol. The predicted octanol–water partition coefficient (Wildman–Crippen LogP) is 2.89. The standard InChI is InChI=1S/C14H21NO2/c1-10(15)14-12(16-2)4-3-5-13(14)17-9-8-11-6-7-11/h3-5,10-11H,6-9,15H2,1-2H3/t10-/m1/s1. The number of benzene rings is 1. The first-order chi connectivity index (χ1) is 8.22. The van der Waals surface area contributed by atoms with Crippen molar-refractivity contribution in [3.63, 3.8) is 0 Å². The van der Waals surface area contributed by atoms with Crippen molar-refractivity contribution >= 4 is 0 Å². The van der Waals surface area contributed by atoms with Gasteiger partial charge in [-0.15, -0.1) is 0 Å². The lowest BCUT2D eigenvalue weighted by Crippen LogP contribution is -2.10. The first kappa shape index (κ1) is 12.2. The van der Waals surface area contributed by atoms with Crippen molar-refractivity contribution in [3.05, 3.63) is 23.8 Å². The fourth-order valence-electron chi connectivity index (χ4n) is 2.02. The highest BCUT2D eigenvalue weighted by atomic mass is 16.5. The van der Waals surface area contributed by atoms with E-state index < -0.39 is 0 Å². The summed E-state index contributed by atoms with van der Waals surface area (Å²) in [5.41, 5.74) is 6.94. The van der Waals surface area contributed by atoms with Gasteiger partial charge in [0.15, 0.2) is 0 Å². The van der Waals surface area contributed by atoms with E-state index in [4.69, 9.17) is 15.2 Å². The van der Waals surface area contributed by atoms with Crippen LogP contribution in [0.4, 0.5) is 0 Å². The maximum atomic E-state index is 5.97. The normalized spacial score (nSPS) is 16.6. The van der Waals surface area contributed by atoms with E-state index in [0.29, 0.717) is 0 Å². The zero-order valence-electron chi connectivity index (χ0n) is 10.6. The van der Waals surface area contributed by atoms with E-state index in [2.05, 4.69) is 0 Å². The van der Waals surface area contributed by atoms with E-state index in [-0.39, 0.29) is 6.04 Å². The molecule has 0 unspecified atom stereocenters. The van der Waals surface area contributed by atoms with E-state index in [1.165, 1.54) is 12.8 Å². The molecule has 1 saturated carbocycles. The maximum Gasteiger partial charge on any atom is 0.127 e. The van der Waals surface area contributed by atoms with Gasteiger partial charge < -0.3 is 15.2 Å². The summed E-state index contributed by atoms with van der Waals surface area (Å²) in [4.78, 5) is 0. The van der Waals surface area contributed by atoms with Gasteiger partial charge in [-0.2, -0.15) is 0 Å². The van der Waals surface area contributed by atoms with Gasteiger partial charge in [0.2, 0.25) is 0 Å². The van der Waals surface area contributed by atoms with Crippen LogP contribution in [0, 0.1) is 5.92 Å². The van der Waals surface area contributed by atoms with Crippen molar-refractivity contribution in [1.82, 2.24) is 0 Å². The summed E-state index contributed by atoms with van der Waals surface area (Å²) in [6.45, 7) is 2.73. The van der Waals surface area contributed by atoms with Crippen LogP contribution in [-0.2, 0) is 0 Å². The van der Waals surface area contributed by atoms with Crippen LogP contribution >= 0.6 is 0 Å². The number of rotatable bonds is 6. The summed E-state index contributed by atoms with van der Waals surface area (Å²) >= 11 is 0. The second-order valence-electron chi connectivity index (χ2n) is 4.74. The summed E-state index contributed by atoms with van der Waals surface area (Å²) in [5, 5.41) is 0. The van der Waals surface area contributed by atoms with Gasteiger partial charge in [0.25, 0.3) is 0 Å². The molecule has 1 aliphatic carbocycles. The molecule has 0 amide bonds. The van der Waals surface area contributed by atoms with Crippen molar-refractivity contribution in [2.24, 2.45) is 11.7 Å². The molecule has 1 aromatic rings. The minimum atomic E-state index is -0.0814. The van der Waals surface area contributed by atoms with E-state index >= 15 is 0 Å². The molecule has 3 nitrogen and oxygen atoms in total. The number of hydrogen-bond acceptors (Lipinski definition) is 3. The Morgan fingerprint density at radius 2 is 2.06 bits per heavy atom. The third-order valence-electron chi connectivity index (χ3n) is 3.18. The maximum absolute atomic E-state index is 5.97. The fraction of sp³-hybridized carbons (Fsp3) is 0.571. The van der Waals surface area contributed by atoms with Crippen LogP contribution < -0.4 is 15.2 Å². The number of ether oxygens (including phenoxy) is 2. The second kappa shape index (κ2) is 5.41. The molecule has 17 heavy (non-hydrogen) atoms. The van der Waals surface area contributed by atoms with Crippen LogP contribution in [0.3, 0.4) is 0 Å². The Balaban J connectivity index is 2.07. The summed E-state index contributed by atoms with van der Waals surface area (Å²) in [5.74, 6) is 2.56. The van der Waals surface area contributed by atoms with Crippen molar-refractivity contribution in [2.45, 2.75) is 32.2 Å². The summed E-state index contributed by atoms with van der Waals surface area (Å²) in [6.07, 6.45) is 3.87. The minimum absolute atomic E-state index is 0.0814. The first-order valence-electron chi connectivity index (χ1n) is 6.27. The average molecular weight is 235 g/mol. The average Bonchev–Trinajstić information content (AvgIpc) is 3.12. The largest absolute Gasteiger partial charge is 0.496 e. The van der Waals surface area contributed by atoms with Crippen molar-refractivity contribution in [1.29, 1.82) is 0 Å². The number of methoxy groups -OCH3 is 1. The quantitative estimate of drug-likeness (QED) is 0.824. The molecule has 1 aromatic carbocycles. The summed E-state index contributed by atoms with van der Waals surface area (Å²) in [6, 6.07) is 5.75. The molecular weight excluding hydrogens is 214 g/mol. The van der Waals surface area contributed by atoms with E-state index in [9.17, 15) is 0 Å². The molecule has 1 fully saturated rings. The van der Waals surface area contributed by atoms with Crippen molar-refractivity contribution in [2.75, 3.05) is 13.7 Å². The van der Waals surface area contributed by atoms with E-state index in [1.54, 1.807) is 7.11 Å². The van der Waals surface area contributed by atoms with Crippen LogP contribution in [0.5, 0.6) is 11.5 Å². The molecule has 0 aliphatic heterocycles. The van der Waals surface area contributed by atoms with Crippen LogP contribution in [-0.4, -0.2) is 13.7 Å². The smallest absolute Gasteiger partial charge is 0.127 e. The highest BCUT2D eigenvalue weighted by Gasteiger charge is 2.21. The summed E-state index contributed by atoms with van der Waals surface area (Å²) in [7, 11) is 1.66. The van der Waals surface area contributed by atoms with Gasteiger partial charge in [0, 0.05) is 6.04 Å². The Bertz CT molecular complexity index is 372. The molecule has 0 radical (unpaired) electrons.